The highest BCUT2D eigenvalue weighted by Gasteiger charge is 2.32. The second-order valence-electron chi connectivity index (χ2n) is 6.46. The summed E-state index contributed by atoms with van der Waals surface area (Å²) in [4.78, 5) is 23.5. The zero-order valence-corrected chi connectivity index (χ0v) is 13.7. The number of benzene rings is 1. The molecule has 0 saturated carbocycles. The molecule has 0 radical (unpaired) electrons. The van der Waals surface area contributed by atoms with Gasteiger partial charge in [-0.05, 0) is 39.8 Å². The summed E-state index contributed by atoms with van der Waals surface area (Å²) in [7, 11) is 0. The predicted molar refractivity (Wildman–Crippen MR) is 86.3 cm³/mol. The van der Waals surface area contributed by atoms with Crippen LogP contribution in [-0.4, -0.2) is 27.8 Å². The fraction of sp³-hybridized carbons (Fsp3) is 0.353. The van der Waals surface area contributed by atoms with Crippen molar-refractivity contribution in [2.75, 3.05) is 0 Å². The van der Waals surface area contributed by atoms with Crippen LogP contribution in [0.2, 0.25) is 0 Å². The second kappa shape index (κ2) is 6.24. The molecule has 2 rings (SSSR count). The van der Waals surface area contributed by atoms with Gasteiger partial charge in [0.1, 0.15) is 17.4 Å². The van der Waals surface area contributed by atoms with Gasteiger partial charge in [0.05, 0.1) is 11.9 Å². The summed E-state index contributed by atoms with van der Waals surface area (Å²) in [5.41, 5.74) is -0.413. The van der Waals surface area contributed by atoms with Crippen molar-refractivity contribution in [2.45, 2.75) is 38.8 Å². The topological polar surface area (TPSA) is 73.2 Å². The maximum atomic E-state index is 12.0. The molecular weight excluding hydrogens is 294 g/mol. The van der Waals surface area contributed by atoms with E-state index in [1.165, 1.54) is 0 Å². The fourth-order valence-electron chi connectivity index (χ4n) is 2.00. The monoisotopic (exact) mass is 315 g/mol. The lowest BCUT2D eigenvalue weighted by molar-refractivity contribution is -0.113. The number of hydrogen-bond acceptors (Lipinski definition) is 4. The van der Waals surface area contributed by atoms with Gasteiger partial charge in [-0.1, -0.05) is 18.2 Å². The number of ether oxygens (including phenoxy) is 1. The number of carbonyl (C=O) groups excluding carboxylic acids is 2. The van der Waals surface area contributed by atoms with Crippen LogP contribution in [0.25, 0.3) is 5.69 Å². The van der Waals surface area contributed by atoms with Crippen LogP contribution in [-0.2, 0) is 15.1 Å². The lowest BCUT2D eigenvalue weighted by Crippen LogP contribution is -2.46. The Morgan fingerprint density at radius 3 is 2.43 bits per heavy atom. The number of aromatic nitrogens is 2. The Hall–Kier alpha value is -2.63. The quantitative estimate of drug-likeness (QED) is 0.881. The number of nitrogens with one attached hydrogen (secondary N) is 1. The lowest BCUT2D eigenvalue weighted by atomic mass is 9.97. The van der Waals surface area contributed by atoms with Crippen molar-refractivity contribution in [3.05, 3.63) is 48.3 Å². The van der Waals surface area contributed by atoms with Gasteiger partial charge in [-0.2, -0.15) is 5.10 Å². The van der Waals surface area contributed by atoms with E-state index in [1.54, 1.807) is 44.8 Å². The van der Waals surface area contributed by atoms with E-state index < -0.39 is 17.2 Å². The number of nitrogens with zero attached hydrogens (tertiary/aromatic N) is 2. The summed E-state index contributed by atoms with van der Waals surface area (Å²) < 4.78 is 6.86. The normalized spacial score (nSPS) is 13.9. The average molecular weight is 315 g/mol. The Labute approximate surface area is 135 Å². The molecule has 1 N–H and O–H groups in total. The van der Waals surface area contributed by atoms with Crippen molar-refractivity contribution < 1.29 is 14.3 Å². The molecule has 0 spiro atoms. The molecule has 1 unspecified atom stereocenters. The number of carbonyl (C=O) groups is 2. The minimum absolute atomic E-state index is 0.571. The van der Waals surface area contributed by atoms with E-state index in [9.17, 15) is 9.59 Å². The van der Waals surface area contributed by atoms with Crippen LogP contribution in [0.1, 0.15) is 33.3 Å². The highest BCUT2D eigenvalue weighted by Crippen LogP contribution is 2.20. The number of hydrogen-bond donors (Lipinski definition) is 1. The van der Waals surface area contributed by atoms with Gasteiger partial charge >= 0.3 is 6.09 Å². The molecule has 0 aliphatic heterocycles. The molecule has 0 saturated heterocycles. The van der Waals surface area contributed by atoms with Gasteiger partial charge in [0.15, 0.2) is 0 Å². The van der Waals surface area contributed by atoms with Crippen LogP contribution in [0.4, 0.5) is 4.79 Å². The van der Waals surface area contributed by atoms with Gasteiger partial charge in [0, 0.05) is 11.8 Å². The van der Waals surface area contributed by atoms with Gasteiger partial charge in [-0.25, -0.2) is 9.48 Å². The summed E-state index contributed by atoms with van der Waals surface area (Å²) in [6, 6.07) is 9.50. The third kappa shape index (κ3) is 4.18. The molecule has 1 heterocycles. The first-order valence-electron chi connectivity index (χ1n) is 7.31. The molecule has 0 aliphatic rings. The molecule has 0 bridgehead atoms. The van der Waals surface area contributed by atoms with Crippen molar-refractivity contribution in [2.24, 2.45) is 0 Å². The smallest absolute Gasteiger partial charge is 0.408 e. The van der Waals surface area contributed by atoms with Crippen molar-refractivity contribution in [1.82, 2.24) is 15.1 Å². The maximum Gasteiger partial charge on any atom is 0.408 e. The SMILES string of the molecule is CC(C)(C)OC(=O)NC(C)(C=O)c1cnn(-c2ccccc2)c1. The van der Waals surface area contributed by atoms with E-state index in [0.717, 1.165) is 5.69 Å². The van der Waals surface area contributed by atoms with Crippen LogP contribution in [0.3, 0.4) is 0 Å². The summed E-state index contributed by atoms with van der Waals surface area (Å²) >= 11 is 0. The molecule has 1 aromatic carbocycles. The zero-order valence-electron chi connectivity index (χ0n) is 13.7. The van der Waals surface area contributed by atoms with Crippen LogP contribution in [0.15, 0.2) is 42.7 Å². The van der Waals surface area contributed by atoms with Crippen LogP contribution >= 0.6 is 0 Å². The highest BCUT2D eigenvalue weighted by molar-refractivity contribution is 5.77. The van der Waals surface area contributed by atoms with Gasteiger partial charge in [-0.3, -0.25) is 0 Å². The molecule has 122 valence electrons. The number of alkyl carbamates (subject to hydrolysis) is 1. The molecule has 2 aromatic rings. The summed E-state index contributed by atoms with van der Waals surface area (Å²) in [6.45, 7) is 6.89. The van der Waals surface area contributed by atoms with E-state index in [4.69, 9.17) is 4.74 Å². The molecule has 0 fully saturated rings. The predicted octanol–water partition coefficient (Wildman–Crippen LogP) is 2.81. The molecule has 1 aromatic heterocycles. The van der Waals surface area contributed by atoms with E-state index in [-0.39, 0.29) is 0 Å². The van der Waals surface area contributed by atoms with Crippen LogP contribution < -0.4 is 5.32 Å². The largest absolute Gasteiger partial charge is 0.444 e. The zero-order chi connectivity index (χ0) is 17.1. The summed E-state index contributed by atoms with van der Waals surface area (Å²) in [6.07, 6.45) is 3.28. The maximum absolute atomic E-state index is 12.0. The van der Waals surface area contributed by atoms with Gasteiger partial charge < -0.3 is 14.8 Å². The van der Waals surface area contributed by atoms with Crippen LogP contribution in [0, 0.1) is 0 Å². The Kier molecular flexibility index (Phi) is 4.54. The molecule has 6 heteroatoms. The first-order chi connectivity index (χ1) is 10.7. The minimum atomic E-state index is -1.21. The number of amides is 1. The molecule has 6 nitrogen and oxygen atoms in total. The van der Waals surface area contributed by atoms with E-state index in [2.05, 4.69) is 10.4 Å². The van der Waals surface area contributed by atoms with Gasteiger partial charge in [0.25, 0.3) is 0 Å². The molecule has 0 aliphatic carbocycles. The molecule has 1 atom stereocenters. The number of para-hydroxylation sites is 1. The second-order valence-corrected chi connectivity index (χ2v) is 6.46. The number of rotatable bonds is 4. The summed E-state index contributed by atoms with van der Waals surface area (Å²) in [5, 5.41) is 6.85. The molecular formula is C17H21N3O3. The third-order valence-corrected chi connectivity index (χ3v) is 3.20. The Balaban J connectivity index is 2.22. The average Bonchev–Trinajstić information content (AvgIpc) is 2.96. The highest BCUT2D eigenvalue weighted by atomic mass is 16.6. The minimum Gasteiger partial charge on any atom is -0.444 e. The Morgan fingerprint density at radius 1 is 1.22 bits per heavy atom. The lowest BCUT2D eigenvalue weighted by Gasteiger charge is -2.26. The van der Waals surface area contributed by atoms with Crippen molar-refractivity contribution in [3.63, 3.8) is 0 Å². The molecule has 23 heavy (non-hydrogen) atoms. The Bertz CT molecular complexity index is 689. The van der Waals surface area contributed by atoms with E-state index >= 15 is 0 Å². The van der Waals surface area contributed by atoms with Crippen molar-refractivity contribution >= 4 is 12.4 Å². The summed E-state index contributed by atoms with van der Waals surface area (Å²) in [5.74, 6) is 0. The third-order valence-electron chi connectivity index (χ3n) is 3.20. The van der Waals surface area contributed by atoms with Crippen molar-refractivity contribution in [3.8, 4) is 5.69 Å². The fourth-order valence-corrected chi connectivity index (χ4v) is 2.00. The van der Waals surface area contributed by atoms with Gasteiger partial charge in [0.2, 0.25) is 0 Å². The van der Waals surface area contributed by atoms with Crippen molar-refractivity contribution in [1.29, 1.82) is 0 Å². The standard InChI is InChI=1S/C17H21N3O3/c1-16(2,3)23-15(22)19-17(4,12-21)13-10-18-20(11-13)14-8-6-5-7-9-14/h5-12H,1-4H3,(H,19,22). The number of aldehydes is 1. The van der Waals surface area contributed by atoms with Crippen LogP contribution in [0.5, 0.6) is 0 Å². The van der Waals surface area contributed by atoms with E-state index in [0.29, 0.717) is 11.8 Å². The first-order valence-corrected chi connectivity index (χ1v) is 7.31. The van der Waals surface area contributed by atoms with Gasteiger partial charge in [-0.15, -0.1) is 0 Å². The van der Waals surface area contributed by atoms with E-state index in [1.807, 2.05) is 30.3 Å². The molecule has 1 amide bonds. The first kappa shape index (κ1) is 16.7. The Morgan fingerprint density at radius 2 is 1.87 bits per heavy atom.